The summed E-state index contributed by atoms with van der Waals surface area (Å²) >= 11 is 0. The Morgan fingerprint density at radius 2 is 2.38 bits per heavy atom. The first kappa shape index (κ1) is 13.8. The molecule has 1 aliphatic rings. The standard InChI is InChI=1S/C14H19N5O2/c1-8-4-19(5-14(8,2)6-20)13-10-9(11(15)21)3-16-12(10)17-7-18-13/h3,7-8,20H,4-6H2,1-2H3,(H2,15,21)(H,16,17,18). The van der Waals surface area contributed by atoms with Gasteiger partial charge in [-0.3, -0.25) is 4.79 Å². The lowest BCUT2D eigenvalue weighted by Gasteiger charge is -2.25. The molecule has 0 saturated carbocycles. The van der Waals surface area contributed by atoms with Crippen LogP contribution in [0.3, 0.4) is 0 Å². The Bertz CT molecular complexity index is 698. The molecule has 7 heteroatoms. The van der Waals surface area contributed by atoms with Gasteiger partial charge in [0.15, 0.2) is 0 Å². The minimum atomic E-state index is -0.505. The van der Waals surface area contributed by atoms with Crippen LogP contribution in [-0.4, -0.2) is 45.7 Å². The fraction of sp³-hybridized carbons (Fsp3) is 0.500. The van der Waals surface area contributed by atoms with E-state index >= 15 is 0 Å². The van der Waals surface area contributed by atoms with Crippen LogP contribution >= 0.6 is 0 Å². The highest BCUT2D eigenvalue weighted by atomic mass is 16.3. The van der Waals surface area contributed by atoms with Crippen molar-refractivity contribution in [3.05, 3.63) is 18.1 Å². The van der Waals surface area contributed by atoms with Crippen LogP contribution in [0.2, 0.25) is 0 Å². The molecule has 21 heavy (non-hydrogen) atoms. The normalized spacial score (nSPS) is 25.7. The third-order valence-corrected chi connectivity index (χ3v) is 4.61. The van der Waals surface area contributed by atoms with E-state index in [0.717, 1.165) is 6.54 Å². The molecular weight excluding hydrogens is 270 g/mol. The number of primary amides is 1. The number of carbonyl (C=O) groups is 1. The Hall–Kier alpha value is -2.15. The predicted molar refractivity (Wildman–Crippen MR) is 79.0 cm³/mol. The molecule has 3 heterocycles. The molecule has 0 radical (unpaired) electrons. The topological polar surface area (TPSA) is 108 Å². The lowest BCUT2D eigenvalue weighted by atomic mass is 9.82. The molecule has 1 aliphatic heterocycles. The van der Waals surface area contributed by atoms with Crippen molar-refractivity contribution in [3.63, 3.8) is 0 Å². The van der Waals surface area contributed by atoms with Crippen LogP contribution in [0.4, 0.5) is 5.82 Å². The number of carbonyl (C=O) groups excluding carboxylic acids is 1. The molecule has 0 bridgehead atoms. The molecule has 0 aromatic carbocycles. The van der Waals surface area contributed by atoms with Crippen LogP contribution in [0.5, 0.6) is 0 Å². The maximum atomic E-state index is 11.6. The average Bonchev–Trinajstić information content (AvgIpc) is 3.01. The molecule has 1 fully saturated rings. The number of hydrogen-bond donors (Lipinski definition) is 3. The zero-order chi connectivity index (χ0) is 15.2. The highest BCUT2D eigenvalue weighted by Gasteiger charge is 2.41. The van der Waals surface area contributed by atoms with Crippen LogP contribution in [0.15, 0.2) is 12.5 Å². The molecule has 2 aromatic rings. The van der Waals surface area contributed by atoms with Crippen molar-refractivity contribution in [2.24, 2.45) is 17.1 Å². The van der Waals surface area contributed by atoms with Gasteiger partial charge in [-0.05, 0) is 5.92 Å². The van der Waals surface area contributed by atoms with E-state index in [1.165, 1.54) is 6.33 Å². The summed E-state index contributed by atoms with van der Waals surface area (Å²) < 4.78 is 0. The quantitative estimate of drug-likeness (QED) is 0.763. The van der Waals surface area contributed by atoms with Crippen molar-refractivity contribution < 1.29 is 9.90 Å². The highest BCUT2D eigenvalue weighted by molar-refractivity contribution is 6.09. The van der Waals surface area contributed by atoms with Gasteiger partial charge in [0.1, 0.15) is 17.8 Å². The Balaban J connectivity index is 2.09. The van der Waals surface area contributed by atoms with Gasteiger partial charge in [0, 0.05) is 24.7 Å². The first-order valence-corrected chi connectivity index (χ1v) is 6.94. The summed E-state index contributed by atoms with van der Waals surface area (Å²) in [6.45, 7) is 5.74. The number of anilines is 1. The van der Waals surface area contributed by atoms with Gasteiger partial charge < -0.3 is 20.7 Å². The molecule has 1 saturated heterocycles. The molecule has 2 aromatic heterocycles. The Kier molecular flexibility index (Phi) is 3.09. The van der Waals surface area contributed by atoms with Crippen LogP contribution < -0.4 is 10.6 Å². The molecule has 7 nitrogen and oxygen atoms in total. The van der Waals surface area contributed by atoms with Gasteiger partial charge in [-0.2, -0.15) is 0 Å². The first-order valence-electron chi connectivity index (χ1n) is 6.94. The third kappa shape index (κ3) is 2.04. The number of nitrogens with zero attached hydrogens (tertiary/aromatic N) is 3. The number of hydrogen-bond acceptors (Lipinski definition) is 5. The van der Waals surface area contributed by atoms with Gasteiger partial charge in [0.05, 0.1) is 17.6 Å². The minimum Gasteiger partial charge on any atom is -0.396 e. The van der Waals surface area contributed by atoms with E-state index in [2.05, 4.69) is 33.7 Å². The van der Waals surface area contributed by atoms with Crippen molar-refractivity contribution >= 4 is 22.8 Å². The second kappa shape index (κ2) is 4.70. The number of nitrogens with two attached hydrogens (primary N) is 1. The van der Waals surface area contributed by atoms with Crippen LogP contribution in [0.1, 0.15) is 24.2 Å². The third-order valence-electron chi connectivity index (χ3n) is 4.61. The van der Waals surface area contributed by atoms with Crippen LogP contribution in [-0.2, 0) is 0 Å². The summed E-state index contributed by atoms with van der Waals surface area (Å²) in [7, 11) is 0. The van der Waals surface area contributed by atoms with Crippen LogP contribution in [0.25, 0.3) is 11.0 Å². The van der Waals surface area contributed by atoms with Crippen molar-refractivity contribution in [3.8, 4) is 0 Å². The molecule has 0 aliphatic carbocycles. The Morgan fingerprint density at radius 3 is 3.00 bits per heavy atom. The molecule has 2 atom stereocenters. The Labute approximate surface area is 122 Å². The largest absolute Gasteiger partial charge is 0.396 e. The lowest BCUT2D eigenvalue weighted by Crippen LogP contribution is -2.30. The lowest BCUT2D eigenvalue weighted by molar-refractivity contribution is 0.100. The van der Waals surface area contributed by atoms with Gasteiger partial charge in [-0.15, -0.1) is 0 Å². The Morgan fingerprint density at radius 1 is 1.62 bits per heavy atom. The van der Waals surface area contributed by atoms with E-state index in [1.54, 1.807) is 6.20 Å². The highest BCUT2D eigenvalue weighted by Crippen LogP contribution is 2.39. The molecule has 4 N–H and O–H groups in total. The van der Waals surface area contributed by atoms with Crippen molar-refractivity contribution in [1.82, 2.24) is 15.0 Å². The van der Waals surface area contributed by atoms with E-state index in [4.69, 9.17) is 5.73 Å². The van der Waals surface area contributed by atoms with Crippen LogP contribution in [0, 0.1) is 11.3 Å². The number of aromatic amines is 1. The SMILES string of the molecule is CC1CN(c2ncnc3[nH]cc(C(N)=O)c23)CC1(C)CO. The maximum absolute atomic E-state index is 11.6. The van der Waals surface area contributed by atoms with Gasteiger partial charge in [0.2, 0.25) is 0 Å². The van der Waals surface area contributed by atoms with E-state index in [-0.39, 0.29) is 12.0 Å². The molecular formula is C14H19N5O2. The number of amides is 1. The van der Waals surface area contributed by atoms with Gasteiger partial charge in [-0.1, -0.05) is 13.8 Å². The number of fused-ring (bicyclic) bond motifs is 1. The monoisotopic (exact) mass is 289 g/mol. The first-order chi connectivity index (χ1) is 9.96. The summed E-state index contributed by atoms with van der Waals surface area (Å²) in [5.41, 5.74) is 6.24. The van der Waals surface area contributed by atoms with Crippen molar-refractivity contribution in [1.29, 1.82) is 0 Å². The van der Waals surface area contributed by atoms with E-state index < -0.39 is 5.91 Å². The molecule has 1 amide bonds. The summed E-state index contributed by atoms with van der Waals surface area (Å²) in [5.74, 6) is 0.511. The number of H-pyrrole nitrogens is 1. The molecule has 3 rings (SSSR count). The van der Waals surface area contributed by atoms with Gasteiger partial charge >= 0.3 is 0 Å². The second-order valence-electron chi connectivity index (χ2n) is 6.08. The smallest absolute Gasteiger partial charge is 0.251 e. The fourth-order valence-corrected chi connectivity index (χ4v) is 2.96. The summed E-state index contributed by atoms with van der Waals surface area (Å²) in [6, 6.07) is 0. The predicted octanol–water partition coefficient (Wildman–Crippen LogP) is 0.511. The molecule has 0 spiro atoms. The summed E-state index contributed by atoms with van der Waals surface area (Å²) in [5, 5.41) is 10.3. The molecule has 112 valence electrons. The molecule has 2 unspecified atom stereocenters. The van der Waals surface area contributed by atoms with E-state index in [1.807, 2.05) is 0 Å². The minimum absolute atomic E-state index is 0.120. The number of aromatic nitrogens is 3. The summed E-state index contributed by atoms with van der Waals surface area (Å²) in [4.78, 5) is 25.1. The zero-order valence-electron chi connectivity index (χ0n) is 12.1. The van der Waals surface area contributed by atoms with E-state index in [9.17, 15) is 9.90 Å². The average molecular weight is 289 g/mol. The fourth-order valence-electron chi connectivity index (χ4n) is 2.96. The zero-order valence-corrected chi connectivity index (χ0v) is 12.1. The second-order valence-corrected chi connectivity index (χ2v) is 6.08. The maximum Gasteiger partial charge on any atom is 0.251 e. The number of nitrogens with one attached hydrogen (secondary N) is 1. The number of aliphatic hydroxyl groups excluding tert-OH is 1. The van der Waals surface area contributed by atoms with Gasteiger partial charge in [-0.25, -0.2) is 9.97 Å². The summed E-state index contributed by atoms with van der Waals surface area (Å²) in [6.07, 6.45) is 3.04. The van der Waals surface area contributed by atoms with E-state index in [0.29, 0.717) is 34.9 Å². The van der Waals surface area contributed by atoms with Crippen molar-refractivity contribution in [2.45, 2.75) is 13.8 Å². The number of aliphatic hydroxyl groups is 1. The van der Waals surface area contributed by atoms with Crippen molar-refractivity contribution in [2.75, 3.05) is 24.6 Å². The number of rotatable bonds is 3. The van der Waals surface area contributed by atoms with Gasteiger partial charge in [0.25, 0.3) is 5.91 Å².